The third-order valence-electron chi connectivity index (χ3n) is 7.78. The Kier molecular flexibility index (Phi) is 5.97. The molecule has 1 N–H and O–H groups in total. The molecule has 0 atom stereocenters. The number of likely N-dealkylation sites (tertiary alicyclic amines) is 2. The Balaban J connectivity index is 1.17. The normalized spacial score (nSPS) is 31.8. The van der Waals surface area contributed by atoms with Crippen LogP contribution in [-0.2, 0) is 9.53 Å². The Morgan fingerprint density at radius 1 is 1.10 bits per heavy atom. The third-order valence-corrected chi connectivity index (χ3v) is 7.78. The Morgan fingerprint density at radius 3 is 2.33 bits per heavy atom. The maximum Gasteiger partial charge on any atom is 0.409 e. The summed E-state index contributed by atoms with van der Waals surface area (Å²) in [6, 6.07) is 0.568. The second-order valence-corrected chi connectivity index (χ2v) is 10.6. The lowest BCUT2D eigenvalue weighted by atomic mass is 9.43. The van der Waals surface area contributed by atoms with Crippen molar-refractivity contribution in [2.24, 2.45) is 11.3 Å². The molecule has 6 nitrogen and oxygen atoms in total. The fraction of sp³-hybridized carbons (Fsp3) is 0.905. The SMILES string of the molecule is [B]C([B])([B])COC(=O)N1CCC2(CC(N3CCC(C(=O)NC4(C)CCC4)CC3)C2)C1. The fourth-order valence-corrected chi connectivity index (χ4v) is 5.66. The minimum atomic E-state index is -1.49. The maximum absolute atomic E-state index is 12.6. The number of nitrogens with one attached hydrogen (secondary N) is 1. The molecule has 0 aromatic rings. The number of hydrogen-bond donors (Lipinski definition) is 1. The molecule has 30 heavy (non-hydrogen) atoms. The summed E-state index contributed by atoms with van der Waals surface area (Å²) in [7, 11) is 16.4. The minimum absolute atomic E-state index is 0.0457. The summed E-state index contributed by atoms with van der Waals surface area (Å²) in [5, 5.41) is 1.79. The molecule has 2 aliphatic heterocycles. The molecule has 2 saturated carbocycles. The highest BCUT2D eigenvalue weighted by Crippen LogP contribution is 2.50. The lowest BCUT2D eigenvalue weighted by Crippen LogP contribution is -2.56. The summed E-state index contributed by atoms with van der Waals surface area (Å²) in [6.07, 6.45) is 8.19. The van der Waals surface area contributed by atoms with Gasteiger partial charge in [-0.25, -0.2) is 4.79 Å². The van der Waals surface area contributed by atoms with Crippen molar-refractivity contribution in [3.63, 3.8) is 0 Å². The van der Waals surface area contributed by atoms with Crippen LogP contribution in [0.1, 0.15) is 58.3 Å². The van der Waals surface area contributed by atoms with E-state index < -0.39 is 5.11 Å². The standard InChI is InChI=1S/C21H32B3N3O3/c1-19(5-2-6-19)25-17(28)15-3-8-26(9-4-15)16-11-20(12-16)7-10-27(13-20)18(29)30-14-21(22,23)24/h15-16H,2-14H2,1H3,(H,25,28). The van der Waals surface area contributed by atoms with Gasteiger partial charge in [-0.3, -0.25) is 4.79 Å². The summed E-state index contributed by atoms with van der Waals surface area (Å²) in [6.45, 7) is 5.39. The van der Waals surface area contributed by atoms with Gasteiger partial charge in [-0.2, -0.15) is 0 Å². The van der Waals surface area contributed by atoms with Gasteiger partial charge in [0.2, 0.25) is 5.91 Å². The second kappa shape index (κ2) is 8.10. The van der Waals surface area contributed by atoms with Gasteiger partial charge in [0.05, 0.1) is 30.1 Å². The van der Waals surface area contributed by atoms with Gasteiger partial charge >= 0.3 is 6.09 Å². The van der Waals surface area contributed by atoms with Gasteiger partial charge in [0.25, 0.3) is 0 Å². The number of carbonyl (C=O) groups is 2. The van der Waals surface area contributed by atoms with Crippen LogP contribution in [0.15, 0.2) is 0 Å². The number of amides is 2. The molecular formula is C21H32B3N3O3. The number of hydrogen-bond acceptors (Lipinski definition) is 4. The second-order valence-electron chi connectivity index (χ2n) is 10.6. The molecule has 9 heteroatoms. The Labute approximate surface area is 184 Å². The van der Waals surface area contributed by atoms with Gasteiger partial charge in [-0.1, -0.05) is 5.11 Å². The molecule has 2 saturated heterocycles. The van der Waals surface area contributed by atoms with E-state index >= 15 is 0 Å². The fourth-order valence-electron chi connectivity index (χ4n) is 5.66. The molecule has 4 aliphatic rings. The average molecular weight is 407 g/mol. The predicted molar refractivity (Wildman–Crippen MR) is 118 cm³/mol. The minimum Gasteiger partial charge on any atom is -0.451 e. The summed E-state index contributed by atoms with van der Waals surface area (Å²) in [5.74, 6) is 0.410. The van der Waals surface area contributed by atoms with Crippen LogP contribution >= 0.6 is 0 Å². The first kappa shape index (κ1) is 22.1. The number of carbonyl (C=O) groups excluding carboxylic acids is 2. The van der Waals surface area contributed by atoms with Gasteiger partial charge in [0, 0.05) is 30.6 Å². The topological polar surface area (TPSA) is 61.9 Å². The molecule has 158 valence electrons. The molecule has 1 spiro atoms. The lowest BCUT2D eigenvalue weighted by molar-refractivity contribution is -0.130. The third kappa shape index (κ3) is 4.86. The first-order valence-electron chi connectivity index (χ1n) is 11.4. The van der Waals surface area contributed by atoms with E-state index in [4.69, 9.17) is 28.3 Å². The molecule has 2 heterocycles. The van der Waals surface area contributed by atoms with Gasteiger partial charge in [0.15, 0.2) is 0 Å². The lowest BCUT2D eigenvalue weighted by Gasteiger charge is -2.51. The van der Waals surface area contributed by atoms with Crippen LogP contribution in [0.5, 0.6) is 0 Å². The van der Waals surface area contributed by atoms with Crippen molar-refractivity contribution >= 4 is 35.5 Å². The Morgan fingerprint density at radius 2 is 1.77 bits per heavy atom. The summed E-state index contributed by atoms with van der Waals surface area (Å²) < 4.78 is 5.14. The van der Waals surface area contributed by atoms with E-state index in [1.165, 1.54) is 6.42 Å². The molecule has 0 aromatic carbocycles. The average Bonchev–Trinajstić information content (AvgIpc) is 3.09. The van der Waals surface area contributed by atoms with Gasteiger partial charge in [-0.15, -0.1) is 0 Å². The predicted octanol–water partition coefficient (Wildman–Crippen LogP) is 1.33. The summed E-state index contributed by atoms with van der Waals surface area (Å²) in [4.78, 5) is 29.1. The molecule has 4 rings (SSSR count). The van der Waals surface area contributed by atoms with Crippen molar-refractivity contribution in [1.29, 1.82) is 0 Å². The van der Waals surface area contributed by atoms with Crippen molar-refractivity contribution in [2.75, 3.05) is 32.8 Å². The zero-order valence-electron chi connectivity index (χ0n) is 18.2. The monoisotopic (exact) mass is 407 g/mol. The first-order chi connectivity index (χ1) is 14.1. The van der Waals surface area contributed by atoms with Crippen LogP contribution in [0, 0.1) is 11.3 Å². The van der Waals surface area contributed by atoms with Gasteiger partial charge in [0.1, 0.15) is 0 Å². The number of ether oxygens (including phenoxy) is 1. The van der Waals surface area contributed by atoms with Crippen molar-refractivity contribution in [3.05, 3.63) is 0 Å². The largest absolute Gasteiger partial charge is 0.451 e. The van der Waals surface area contributed by atoms with Crippen LogP contribution in [0.4, 0.5) is 4.79 Å². The number of piperidine rings is 1. The molecule has 2 aliphatic carbocycles. The van der Waals surface area contributed by atoms with E-state index in [2.05, 4.69) is 17.1 Å². The van der Waals surface area contributed by atoms with Crippen molar-refractivity contribution in [3.8, 4) is 0 Å². The highest BCUT2D eigenvalue weighted by Gasteiger charge is 2.51. The summed E-state index contributed by atoms with van der Waals surface area (Å²) >= 11 is 0. The van der Waals surface area contributed by atoms with Gasteiger partial charge < -0.3 is 19.9 Å². The molecule has 4 fully saturated rings. The van der Waals surface area contributed by atoms with Crippen molar-refractivity contribution in [1.82, 2.24) is 15.1 Å². The van der Waals surface area contributed by atoms with Crippen LogP contribution in [0.25, 0.3) is 0 Å². The Hall–Kier alpha value is -1.11. The maximum atomic E-state index is 12.6. The van der Waals surface area contributed by atoms with Crippen LogP contribution in [0.2, 0.25) is 5.11 Å². The molecular weight excluding hydrogens is 375 g/mol. The van der Waals surface area contributed by atoms with E-state index in [0.717, 1.165) is 64.6 Å². The van der Waals surface area contributed by atoms with Crippen LogP contribution in [0.3, 0.4) is 0 Å². The quantitative estimate of drug-likeness (QED) is 0.700. The zero-order valence-corrected chi connectivity index (χ0v) is 18.2. The first-order valence-corrected chi connectivity index (χ1v) is 11.4. The highest BCUT2D eigenvalue weighted by atomic mass is 16.6. The van der Waals surface area contributed by atoms with E-state index in [-0.39, 0.29) is 35.5 Å². The molecule has 0 unspecified atom stereocenters. The van der Waals surface area contributed by atoms with Gasteiger partial charge in [-0.05, 0) is 76.8 Å². The highest BCUT2D eigenvalue weighted by molar-refractivity contribution is 6.59. The molecule has 0 bridgehead atoms. The Bertz CT molecular complexity index is 666. The van der Waals surface area contributed by atoms with Crippen molar-refractivity contribution in [2.45, 2.75) is 75.0 Å². The van der Waals surface area contributed by atoms with E-state index in [9.17, 15) is 9.59 Å². The van der Waals surface area contributed by atoms with E-state index in [1.54, 1.807) is 4.90 Å². The smallest absolute Gasteiger partial charge is 0.409 e. The van der Waals surface area contributed by atoms with Crippen LogP contribution < -0.4 is 5.32 Å². The molecule has 0 aromatic heterocycles. The van der Waals surface area contributed by atoms with Crippen LogP contribution in [-0.4, -0.2) is 89.7 Å². The summed E-state index contributed by atoms with van der Waals surface area (Å²) in [5.41, 5.74) is 0.256. The number of rotatable bonds is 5. The van der Waals surface area contributed by atoms with E-state index in [1.807, 2.05) is 0 Å². The zero-order chi connectivity index (χ0) is 21.6. The number of nitrogens with zero attached hydrogens (tertiary/aromatic N) is 2. The molecule has 2 amide bonds. The van der Waals surface area contributed by atoms with Crippen molar-refractivity contribution < 1.29 is 14.3 Å². The molecule has 6 radical (unpaired) electrons. The van der Waals surface area contributed by atoms with E-state index in [0.29, 0.717) is 12.6 Å².